The molecule has 3 unspecified atom stereocenters. The van der Waals surface area contributed by atoms with Gasteiger partial charge in [-0.3, -0.25) is 10.1 Å². The lowest BCUT2D eigenvalue weighted by atomic mass is 9.97. The maximum atomic E-state index is 12.0. The summed E-state index contributed by atoms with van der Waals surface area (Å²) in [5.74, 6) is 2.69. The van der Waals surface area contributed by atoms with Gasteiger partial charge in [-0.15, -0.1) is 11.8 Å². The Kier molecular flexibility index (Phi) is 4.53. The third-order valence-corrected chi connectivity index (χ3v) is 4.66. The lowest BCUT2D eigenvalue weighted by Gasteiger charge is -2.24. The predicted molar refractivity (Wildman–Crippen MR) is 68.4 cm³/mol. The second kappa shape index (κ2) is 5.92. The number of thioether (sulfide) groups is 1. The summed E-state index contributed by atoms with van der Waals surface area (Å²) in [6.45, 7) is 2.27. The molecule has 0 aromatic carbocycles. The lowest BCUT2D eigenvalue weighted by Crippen LogP contribution is -2.48. The number of nitrogens with one attached hydrogen (secondary N) is 2. The summed E-state index contributed by atoms with van der Waals surface area (Å²) in [4.78, 5) is 12.0. The smallest absolute Gasteiger partial charge is 0.238 e. The average molecular weight is 242 g/mol. The van der Waals surface area contributed by atoms with Crippen molar-refractivity contribution < 1.29 is 4.79 Å². The van der Waals surface area contributed by atoms with E-state index in [2.05, 4.69) is 17.6 Å². The highest BCUT2D eigenvalue weighted by molar-refractivity contribution is 7.99. The summed E-state index contributed by atoms with van der Waals surface area (Å²) >= 11 is 1.81. The lowest BCUT2D eigenvalue weighted by molar-refractivity contribution is -0.123. The molecule has 92 valence electrons. The van der Waals surface area contributed by atoms with E-state index in [0.29, 0.717) is 12.0 Å². The zero-order valence-electron chi connectivity index (χ0n) is 10.00. The third-order valence-electron chi connectivity index (χ3n) is 3.72. The van der Waals surface area contributed by atoms with Gasteiger partial charge in [0.15, 0.2) is 0 Å². The van der Waals surface area contributed by atoms with Gasteiger partial charge in [-0.05, 0) is 18.8 Å². The largest absolute Gasteiger partial charge is 0.352 e. The van der Waals surface area contributed by atoms with Crippen molar-refractivity contribution in [1.82, 2.24) is 10.6 Å². The number of carbonyl (C=O) groups excluding carboxylic acids is 1. The van der Waals surface area contributed by atoms with Crippen LogP contribution in [0.3, 0.4) is 0 Å². The molecule has 1 heterocycles. The monoisotopic (exact) mass is 242 g/mol. The van der Waals surface area contributed by atoms with Gasteiger partial charge in [-0.2, -0.15) is 0 Å². The van der Waals surface area contributed by atoms with E-state index in [1.165, 1.54) is 25.7 Å². The molecule has 1 saturated heterocycles. The fourth-order valence-electron chi connectivity index (χ4n) is 2.55. The highest BCUT2D eigenvalue weighted by atomic mass is 32.2. The normalized spacial score (nSPS) is 35.7. The SMILES string of the molecule is CC1CCCCCC1NC(=O)C1CSCN1. The summed E-state index contributed by atoms with van der Waals surface area (Å²) in [5, 5.41) is 6.46. The molecule has 0 radical (unpaired) electrons. The number of hydrogen-bond acceptors (Lipinski definition) is 3. The van der Waals surface area contributed by atoms with Crippen LogP contribution in [0.4, 0.5) is 0 Å². The quantitative estimate of drug-likeness (QED) is 0.725. The molecule has 1 saturated carbocycles. The Morgan fingerprint density at radius 1 is 1.31 bits per heavy atom. The Bertz CT molecular complexity index is 241. The van der Waals surface area contributed by atoms with E-state index in [0.717, 1.165) is 18.1 Å². The summed E-state index contributed by atoms with van der Waals surface area (Å²) in [6, 6.07) is 0.447. The highest BCUT2D eigenvalue weighted by Gasteiger charge is 2.27. The first kappa shape index (κ1) is 12.2. The van der Waals surface area contributed by atoms with Crippen LogP contribution in [0.5, 0.6) is 0 Å². The van der Waals surface area contributed by atoms with Gasteiger partial charge < -0.3 is 5.32 Å². The summed E-state index contributed by atoms with van der Waals surface area (Å²) < 4.78 is 0. The van der Waals surface area contributed by atoms with Crippen LogP contribution in [-0.4, -0.2) is 29.6 Å². The van der Waals surface area contributed by atoms with Crippen LogP contribution in [-0.2, 0) is 4.79 Å². The van der Waals surface area contributed by atoms with Gasteiger partial charge in [0.05, 0.1) is 6.04 Å². The maximum Gasteiger partial charge on any atom is 0.238 e. The average Bonchev–Trinajstić information content (AvgIpc) is 2.73. The number of amides is 1. The summed E-state index contributed by atoms with van der Waals surface area (Å²) in [5.41, 5.74) is 0. The Balaban J connectivity index is 1.84. The van der Waals surface area contributed by atoms with Crippen LogP contribution < -0.4 is 10.6 Å². The molecular formula is C12H22N2OS. The van der Waals surface area contributed by atoms with Gasteiger partial charge in [0.1, 0.15) is 0 Å². The molecular weight excluding hydrogens is 220 g/mol. The van der Waals surface area contributed by atoms with Gasteiger partial charge in [-0.1, -0.05) is 26.2 Å². The van der Waals surface area contributed by atoms with E-state index < -0.39 is 0 Å². The molecule has 2 rings (SSSR count). The molecule has 2 aliphatic rings. The molecule has 1 amide bonds. The highest BCUT2D eigenvalue weighted by Crippen LogP contribution is 2.23. The minimum Gasteiger partial charge on any atom is -0.352 e. The van der Waals surface area contributed by atoms with Crippen LogP contribution >= 0.6 is 11.8 Å². The minimum atomic E-state index is 0.0421. The second-order valence-corrected chi connectivity index (χ2v) is 6.03. The number of rotatable bonds is 2. The summed E-state index contributed by atoms with van der Waals surface area (Å²) in [6.07, 6.45) is 6.34. The van der Waals surface area contributed by atoms with Crippen molar-refractivity contribution in [1.29, 1.82) is 0 Å². The first-order chi connectivity index (χ1) is 7.77. The minimum absolute atomic E-state index is 0.0421. The van der Waals surface area contributed by atoms with E-state index in [-0.39, 0.29) is 11.9 Å². The molecule has 0 bridgehead atoms. The van der Waals surface area contributed by atoms with Crippen molar-refractivity contribution in [2.75, 3.05) is 11.6 Å². The zero-order chi connectivity index (χ0) is 11.4. The zero-order valence-corrected chi connectivity index (χ0v) is 10.8. The van der Waals surface area contributed by atoms with Crippen molar-refractivity contribution in [3.63, 3.8) is 0 Å². The Morgan fingerprint density at radius 3 is 2.88 bits per heavy atom. The van der Waals surface area contributed by atoms with Crippen LogP contribution in [0.2, 0.25) is 0 Å². The van der Waals surface area contributed by atoms with E-state index >= 15 is 0 Å². The third kappa shape index (κ3) is 3.14. The fourth-order valence-corrected chi connectivity index (χ4v) is 3.50. The fraction of sp³-hybridized carbons (Fsp3) is 0.917. The van der Waals surface area contributed by atoms with Gasteiger partial charge in [0, 0.05) is 17.7 Å². The van der Waals surface area contributed by atoms with E-state index in [9.17, 15) is 4.79 Å². The molecule has 3 atom stereocenters. The van der Waals surface area contributed by atoms with Gasteiger partial charge >= 0.3 is 0 Å². The first-order valence-corrected chi connectivity index (χ1v) is 7.54. The molecule has 0 aromatic rings. The molecule has 16 heavy (non-hydrogen) atoms. The van der Waals surface area contributed by atoms with Gasteiger partial charge in [0.2, 0.25) is 5.91 Å². The van der Waals surface area contributed by atoms with Crippen LogP contribution in [0.15, 0.2) is 0 Å². The number of carbonyl (C=O) groups is 1. The molecule has 2 N–H and O–H groups in total. The van der Waals surface area contributed by atoms with E-state index in [1.54, 1.807) is 11.8 Å². The Hall–Kier alpha value is -0.220. The molecule has 2 fully saturated rings. The molecule has 0 spiro atoms. The standard InChI is InChI=1S/C12H22N2OS/c1-9-5-3-2-4-6-10(9)14-12(15)11-7-16-8-13-11/h9-11,13H,2-8H2,1H3,(H,14,15). The Labute approximate surface area is 102 Å². The summed E-state index contributed by atoms with van der Waals surface area (Å²) in [7, 11) is 0. The molecule has 1 aliphatic heterocycles. The van der Waals surface area contributed by atoms with Crippen molar-refractivity contribution in [2.24, 2.45) is 5.92 Å². The molecule has 3 nitrogen and oxygen atoms in total. The molecule has 4 heteroatoms. The topological polar surface area (TPSA) is 41.1 Å². The van der Waals surface area contributed by atoms with E-state index in [4.69, 9.17) is 0 Å². The van der Waals surface area contributed by atoms with Gasteiger partial charge in [-0.25, -0.2) is 0 Å². The number of hydrogen-bond donors (Lipinski definition) is 2. The van der Waals surface area contributed by atoms with Crippen molar-refractivity contribution in [2.45, 2.75) is 51.1 Å². The second-order valence-electron chi connectivity index (χ2n) is 5.00. The van der Waals surface area contributed by atoms with Crippen LogP contribution in [0, 0.1) is 5.92 Å². The van der Waals surface area contributed by atoms with Gasteiger partial charge in [0.25, 0.3) is 0 Å². The Morgan fingerprint density at radius 2 is 2.12 bits per heavy atom. The maximum absolute atomic E-state index is 12.0. The predicted octanol–water partition coefficient (Wildman–Crippen LogP) is 1.73. The molecule has 1 aliphatic carbocycles. The van der Waals surface area contributed by atoms with Crippen LogP contribution in [0.1, 0.15) is 39.0 Å². The molecule has 0 aromatic heterocycles. The van der Waals surface area contributed by atoms with Crippen LogP contribution in [0.25, 0.3) is 0 Å². The van der Waals surface area contributed by atoms with Crippen molar-refractivity contribution >= 4 is 17.7 Å². The van der Waals surface area contributed by atoms with E-state index in [1.807, 2.05) is 0 Å². The van der Waals surface area contributed by atoms with Crippen molar-refractivity contribution in [3.8, 4) is 0 Å². The van der Waals surface area contributed by atoms with Crippen molar-refractivity contribution in [3.05, 3.63) is 0 Å². The first-order valence-electron chi connectivity index (χ1n) is 6.39.